The van der Waals surface area contributed by atoms with Gasteiger partial charge in [-0.2, -0.15) is 0 Å². The number of hydrogen-bond acceptors (Lipinski definition) is 4. The normalized spacial score (nSPS) is 9.69. The molecule has 0 unspecified atom stereocenters. The summed E-state index contributed by atoms with van der Waals surface area (Å²) in [7, 11) is 0. The second-order valence-electron chi connectivity index (χ2n) is 2.16. The van der Waals surface area contributed by atoms with E-state index in [1.54, 1.807) is 0 Å². The highest BCUT2D eigenvalue weighted by atomic mass is 79.9. The van der Waals surface area contributed by atoms with Crippen LogP contribution in [-0.4, -0.2) is 16.5 Å². The number of pyridine rings is 1. The van der Waals surface area contributed by atoms with Crippen LogP contribution in [0.5, 0.6) is 5.75 Å². The van der Waals surface area contributed by atoms with Gasteiger partial charge in [-0.05, 0) is 32.8 Å². The first-order chi connectivity index (χ1) is 6.15. The summed E-state index contributed by atoms with van der Waals surface area (Å²) in [6, 6.07) is 1.31. The van der Waals surface area contributed by atoms with Crippen LogP contribution in [0.2, 0.25) is 0 Å². The summed E-state index contributed by atoms with van der Waals surface area (Å²) in [5.74, 6) is 0.309. The van der Waals surface area contributed by atoms with Gasteiger partial charge in [0.15, 0.2) is 11.9 Å². The summed E-state index contributed by atoms with van der Waals surface area (Å²) in [4.78, 5) is 13.4. The molecule has 5 nitrogen and oxygen atoms in total. The second kappa shape index (κ2) is 4.18. The van der Waals surface area contributed by atoms with Crippen LogP contribution in [0, 0.1) is 10.1 Å². The largest absolute Gasteiger partial charge is 0.489 e. The predicted molar refractivity (Wildman–Crippen MR) is 49.8 cm³/mol. The number of rotatable bonds is 3. The molecule has 70 valence electrons. The van der Waals surface area contributed by atoms with Crippen LogP contribution in [0.1, 0.15) is 6.92 Å². The van der Waals surface area contributed by atoms with E-state index in [0.717, 1.165) is 0 Å². The van der Waals surface area contributed by atoms with Gasteiger partial charge in [-0.1, -0.05) is 0 Å². The zero-order chi connectivity index (χ0) is 9.84. The van der Waals surface area contributed by atoms with Crippen molar-refractivity contribution >= 4 is 21.7 Å². The van der Waals surface area contributed by atoms with E-state index in [4.69, 9.17) is 4.74 Å². The van der Waals surface area contributed by atoms with Gasteiger partial charge in [-0.25, -0.2) is 0 Å². The molecular weight excluding hydrogens is 240 g/mol. The number of nitrogens with zero attached hydrogens (tertiary/aromatic N) is 2. The van der Waals surface area contributed by atoms with Crippen LogP contribution in [0.25, 0.3) is 0 Å². The summed E-state index contributed by atoms with van der Waals surface area (Å²) in [6.07, 6.45) is 1.33. The van der Waals surface area contributed by atoms with E-state index >= 15 is 0 Å². The molecule has 0 bridgehead atoms. The Morgan fingerprint density at radius 1 is 1.77 bits per heavy atom. The lowest BCUT2D eigenvalue weighted by atomic mass is 10.4. The Morgan fingerprint density at radius 3 is 2.92 bits per heavy atom. The molecule has 0 amide bonds. The second-order valence-corrected chi connectivity index (χ2v) is 3.02. The lowest BCUT2D eigenvalue weighted by Crippen LogP contribution is -1.96. The molecule has 0 saturated heterocycles. The van der Waals surface area contributed by atoms with Gasteiger partial charge in [0.2, 0.25) is 0 Å². The minimum atomic E-state index is -0.555. The molecule has 0 aliphatic rings. The van der Waals surface area contributed by atoms with E-state index in [2.05, 4.69) is 20.9 Å². The van der Waals surface area contributed by atoms with E-state index < -0.39 is 4.92 Å². The van der Waals surface area contributed by atoms with Crippen LogP contribution in [0.4, 0.5) is 5.82 Å². The lowest BCUT2D eigenvalue weighted by Gasteiger charge is -2.01. The predicted octanol–water partition coefficient (Wildman–Crippen LogP) is 2.15. The van der Waals surface area contributed by atoms with Crippen LogP contribution in [-0.2, 0) is 0 Å². The zero-order valence-electron chi connectivity index (χ0n) is 6.86. The SMILES string of the molecule is CCOc1cnc([N+](=O)[O-])cc1Br. The zero-order valence-corrected chi connectivity index (χ0v) is 8.44. The van der Waals surface area contributed by atoms with Crippen molar-refractivity contribution in [3.05, 3.63) is 26.9 Å². The maximum atomic E-state index is 10.3. The topological polar surface area (TPSA) is 65.3 Å². The van der Waals surface area contributed by atoms with E-state index in [1.165, 1.54) is 12.3 Å². The molecule has 0 N–H and O–H groups in total. The smallest absolute Gasteiger partial charge is 0.364 e. The Morgan fingerprint density at radius 2 is 2.46 bits per heavy atom. The van der Waals surface area contributed by atoms with Gasteiger partial charge in [-0.15, -0.1) is 0 Å². The Hall–Kier alpha value is -1.17. The summed E-state index contributed by atoms with van der Waals surface area (Å²) in [6.45, 7) is 2.33. The number of ether oxygens (including phenoxy) is 1. The molecule has 1 heterocycles. The van der Waals surface area contributed by atoms with Gasteiger partial charge in [0, 0.05) is 0 Å². The Balaban J connectivity index is 2.98. The summed E-state index contributed by atoms with van der Waals surface area (Å²) >= 11 is 3.15. The maximum Gasteiger partial charge on any atom is 0.364 e. The number of halogens is 1. The van der Waals surface area contributed by atoms with Gasteiger partial charge < -0.3 is 14.9 Å². The average Bonchev–Trinajstić information content (AvgIpc) is 2.08. The maximum absolute atomic E-state index is 10.3. The molecule has 0 spiro atoms. The summed E-state index contributed by atoms with van der Waals surface area (Å²) in [5.41, 5.74) is 0. The molecule has 1 aromatic rings. The van der Waals surface area contributed by atoms with Crippen molar-refractivity contribution in [1.82, 2.24) is 4.98 Å². The van der Waals surface area contributed by atoms with E-state index in [9.17, 15) is 10.1 Å². The summed E-state index contributed by atoms with van der Waals surface area (Å²) in [5, 5.41) is 10.3. The van der Waals surface area contributed by atoms with Crippen LogP contribution >= 0.6 is 15.9 Å². The standard InChI is InChI=1S/C7H7BrN2O3/c1-2-13-6-4-9-7(10(11)12)3-5(6)8/h3-4H,2H2,1H3. The number of nitro groups is 1. The quantitative estimate of drug-likeness (QED) is 0.606. The van der Waals surface area contributed by atoms with Crippen molar-refractivity contribution in [2.45, 2.75) is 6.92 Å². The van der Waals surface area contributed by atoms with E-state index in [0.29, 0.717) is 16.8 Å². The molecule has 1 rings (SSSR count). The van der Waals surface area contributed by atoms with Gasteiger partial charge in [-0.3, -0.25) is 0 Å². The molecule has 0 aliphatic carbocycles. The van der Waals surface area contributed by atoms with Crippen LogP contribution in [0.15, 0.2) is 16.7 Å². The first kappa shape index (κ1) is 9.91. The van der Waals surface area contributed by atoms with Crippen molar-refractivity contribution in [2.75, 3.05) is 6.61 Å². The molecule has 0 atom stereocenters. The number of aromatic nitrogens is 1. The molecule has 0 radical (unpaired) electrons. The fourth-order valence-corrected chi connectivity index (χ4v) is 1.19. The third-order valence-electron chi connectivity index (χ3n) is 1.29. The lowest BCUT2D eigenvalue weighted by molar-refractivity contribution is -0.389. The molecule has 6 heteroatoms. The molecule has 0 saturated carbocycles. The fourth-order valence-electron chi connectivity index (χ4n) is 0.770. The van der Waals surface area contributed by atoms with Crippen LogP contribution < -0.4 is 4.74 Å². The van der Waals surface area contributed by atoms with Gasteiger partial charge in [0.25, 0.3) is 0 Å². The van der Waals surface area contributed by atoms with E-state index in [-0.39, 0.29) is 5.82 Å². The van der Waals surface area contributed by atoms with Crippen molar-refractivity contribution in [3.8, 4) is 5.75 Å². The van der Waals surface area contributed by atoms with Gasteiger partial charge >= 0.3 is 5.82 Å². The Bertz CT molecular complexity index is 330. The molecule has 1 aromatic heterocycles. The number of hydrogen-bond donors (Lipinski definition) is 0. The molecule has 13 heavy (non-hydrogen) atoms. The Labute approximate surface area is 83.0 Å². The summed E-state index contributed by atoms with van der Waals surface area (Å²) < 4.78 is 5.68. The average molecular weight is 247 g/mol. The highest BCUT2D eigenvalue weighted by molar-refractivity contribution is 9.10. The fraction of sp³-hybridized carbons (Fsp3) is 0.286. The van der Waals surface area contributed by atoms with E-state index in [1.807, 2.05) is 6.92 Å². The first-order valence-corrected chi connectivity index (χ1v) is 4.37. The van der Waals surface area contributed by atoms with Crippen molar-refractivity contribution < 1.29 is 9.66 Å². The van der Waals surface area contributed by atoms with Gasteiger partial charge in [0.05, 0.1) is 17.1 Å². The minimum Gasteiger partial charge on any atom is -0.489 e. The third-order valence-corrected chi connectivity index (χ3v) is 1.91. The molecule has 0 aromatic carbocycles. The van der Waals surface area contributed by atoms with Gasteiger partial charge in [0.1, 0.15) is 0 Å². The highest BCUT2D eigenvalue weighted by Crippen LogP contribution is 2.26. The monoisotopic (exact) mass is 246 g/mol. The van der Waals surface area contributed by atoms with Crippen molar-refractivity contribution in [3.63, 3.8) is 0 Å². The third kappa shape index (κ3) is 2.38. The van der Waals surface area contributed by atoms with Crippen LogP contribution in [0.3, 0.4) is 0 Å². The molecule has 0 fully saturated rings. The highest BCUT2D eigenvalue weighted by Gasteiger charge is 2.11. The Kier molecular flexibility index (Phi) is 3.18. The van der Waals surface area contributed by atoms with Crippen molar-refractivity contribution in [1.29, 1.82) is 0 Å². The first-order valence-electron chi connectivity index (χ1n) is 3.58. The van der Waals surface area contributed by atoms with Crippen molar-refractivity contribution in [2.24, 2.45) is 0 Å². The molecular formula is C7H7BrN2O3. The molecule has 0 aliphatic heterocycles. The minimum absolute atomic E-state index is 0.199.